The Hall–Kier alpha value is -1.43. The number of piperidine rings is 1. The summed E-state index contributed by atoms with van der Waals surface area (Å²) in [6, 6.07) is 0.135. The van der Waals surface area contributed by atoms with Crippen LogP contribution in [-0.4, -0.2) is 52.0 Å². The first-order valence-electron chi connectivity index (χ1n) is 9.54. The largest absolute Gasteiger partial charge is 0.342 e. The number of unbranched alkanes of at least 4 members (excludes halogenated alkanes) is 1. The first-order valence-corrected chi connectivity index (χ1v) is 9.54. The molecule has 0 aromatic carbocycles. The van der Waals surface area contributed by atoms with E-state index in [0.29, 0.717) is 11.8 Å². The van der Waals surface area contributed by atoms with Gasteiger partial charge in [-0.1, -0.05) is 18.5 Å². The number of carbonyl (C=O) groups is 1. The average molecular weight is 334 g/mol. The molecule has 2 fully saturated rings. The van der Waals surface area contributed by atoms with Crippen LogP contribution in [0.3, 0.4) is 0 Å². The fourth-order valence-electron chi connectivity index (χ4n) is 3.76. The molecular weight excluding hydrogens is 304 g/mol. The zero-order valence-electron chi connectivity index (χ0n) is 15.0. The number of carbonyl (C=O) groups excluding carboxylic acids is 1. The highest BCUT2D eigenvalue weighted by molar-refractivity contribution is 5.79. The number of rotatable bonds is 6. The van der Waals surface area contributed by atoms with E-state index in [0.717, 1.165) is 64.1 Å². The maximum Gasteiger partial charge on any atom is 0.243 e. The summed E-state index contributed by atoms with van der Waals surface area (Å²) >= 11 is 0. The molecule has 1 atom stereocenters. The Morgan fingerprint density at radius 1 is 1.25 bits per heavy atom. The monoisotopic (exact) mass is 334 g/mol. The van der Waals surface area contributed by atoms with Gasteiger partial charge in [0.15, 0.2) is 5.82 Å². The van der Waals surface area contributed by atoms with E-state index < -0.39 is 0 Å². The van der Waals surface area contributed by atoms with Crippen LogP contribution in [0.15, 0.2) is 4.52 Å². The van der Waals surface area contributed by atoms with Crippen molar-refractivity contribution in [2.45, 2.75) is 64.8 Å². The normalized spacial score (nSPS) is 21.3. The first kappa shape index (κ1) is 17.4. The van der Waals surface area contributed by atoms with E-state index in [1.165, 1.54) is 12.8 Å². The van der Waals surface area contributed by atoms with Crippen molar-refractivity contribution >= 4 is 5.91 Å². The molecule has 2 aliphatic heterocycles. The predicted octanol–water partition coefficient (Wildman–Crippen LogP) is 2.81. The average Bonchev–Trinajstić information content (AvgIpc) is 3.30. The van der Waals surface area contributed by atoms with E-state index in [1.54, 1.807) is 0 Å². The molecule has 0 aliphatic carbocycles. The summed E-state index contributed by atoms with van der Waals surface area (Å²) in [5.41, 5.74) is 0. The van der Waals surface area contributed by atoms with E-state index in [2.05, 4.69) is 33.8 Å². The number of likely N-dealkylation sites (tertiary alicyclic amines) is 2. The van der Waals surface area contributed by atoms with Crippen molar-refractivity contribution in [3.63, 3.8) is 0 Å². The molecule has 0 saturated carbocycles. The summed E-state index contributed by atoms with van der Waals surface area (Å²) < 4.78 is 5.45. The molecule has 6 heteroatoms. The Bertz CT molecular complexity index is 531. The Morgan fingerprint density at radius 3 is 2.62 bits per heavy atom. The van der Waals surface area contributed by atoms with Crippen LogP contribution in [-0.2, 0) is 11.2 Å². The molecular formula is C18H30N4O2. The number of hydrogen-bond acceptors (Lipinski definition) is 5. The molecule has 0 bridgehead atoms. The van der Waals surface area contributed by atoms with Crippen LogP contribution >= 0.6 is 0 Å². The van der Waals surface area contributed by atoms with Crippen molar-refractivity contribution in [3.05, 3.63) is 11.7 Å². The van der Waals surface area contributed by atoms with Crippen molar-refractivity contribution in [2.75, 3.05) is 26.2 Å². The zero-order chi connectivity index (χ0) is 16.9. The Labute approximate surface area is 144 Å². The van der Waals surface area contributed by atoms with Crippen LogP contribution in [0.25, 0.3) is 0 Å². The summed E-state index contributed by atoms with van der Waals surface area (Å²) in [4.78, 5) is 21.5. The summed E-state index contributed by atoms with van der Waals surface area (Å²) in [7, 11) is 0. The lowest BCUT2D eigenvalue weighted by molar-refractivity contribution is -0.136. The van der Waals surface area contributed by atoms with E-state index in [9.17, 15) is 4.79 Å². The fourth-order valence-corrected chi connectivity index (χ4v) is 3.76. The van der Waals surface area contributed by atoms with Crippen LogP contribution in [0.1, 0.15) is 70.1 Å². The van der Waals surface area contributed by atoms with Crippen molar-refractivity contribution in [2.24, 2.45) is 5.92 Å². The minimum absolute atomic E-state index is 0.135. The van der Waals surface area contributed by atoms with Gasteiger partial charge in [0, 0.05) is 25.4 Å². The Morgan fingerprint density at radius 2 is 1.96 bits per heavy atom. The number of amides is 1. The van der Waals surface area contributed by atoms with Gasteiger partial charge in [-0.15, -0.1) is 0 Å². The fraction of sp³-hybridized carbons (Fsp3) is 0.833. The predicted molar refractivity (Wildman–Crippen MR) is 91.4 cm³/mol. The molecule has 1 aromatic heterocycles. The molecule has 1 unspecified atom stereocenters. The molecule has 3 rings (SSSR count). The third-order valence-corrected chi connectivity index (χ3v) is 5.44. The smallest absolute Gasteiger partial charge is 0.243 e. The van der Waals surface area contributed by atoms with E-state index >= 15 is 0 Å². The highest BCUT2D eigenvalue weighted by atomic mass is 16.5. The third kappa shape index (κ3) is 3.97. The lowest BCUT2D eigenvalue weighted by atomic mass is 9.94. The number of aromatic nitrogens is 2. The zero-order valence-corrected chi connectivity index (χ0v) is 15.0. The number of nitrogens with zero attached hydrogens (tertiary/aromatic N) is 4. The Balaban J connectivity index is 1.50. The second kappa shape index (κ2) is 8.10. The van der Waals surface area contributed by atoms with Gasteiger partial charge < -0.3 is 9.42 Å². The highest BCUT2D eigenvalue weighted by Crippen LogP contribution is 2.27. The second-order valence-corrected chi connectivity index (χ2v) is 7.17. The number of hydrogen-bond donors (Lipinski definition) is 0. The molecule has 2 saturated heterocycles. The molecule has 134 valence electrons. The standard InChI is InChI=1S/C18H30N4O2/c1-3-4-7-16-19-17(24-20-16)14(2)21-12-8-15(9-13-21)18(23)22-10-5-6-11-22/h14-15H,3-13H2,1-2H3. The molecule has 6 nitrogen and oxygen atoms in total. The van der Waals surface area contributed by atoms with Crippen LogP contribution in [0, 0.1) is 5.92 Å². The second-order valence-electron chi connectivity index (χ2n) is 7.17. The van der Waals surface area contributed by atoms with Crippen molar-refractivity contribution in [1.82, 2.24) is 19.9 Å². The lowest BCUT2D eigenvalue weighted by Gasteiger charge is -2.35. The summed E-state index contributed by atoms with van der Waals surface area (Å²) in [6.45, 7) is 8.06. The van der Waals surface area contributed by atoms with Gasteiger partial charge in [0.05, 0.1) is 6.04 Å². The SMILES string of the molecule is CCCCc1noc(C(C)N2CCC(C(=O)N3CCCC3)CC2)n1. The molecule has 3 heterocycles. The van der Waals surface area contributed by atoms with E-state index in [-0.39, 0.29) is 12.0 Å². The molecule has 0 N–H and O–H groups in total. The van der Waals surface area contributed by atoms with Crippen LogP contribution in [0.2, 0.25) is 0 Å². The topological polar surface area (TPSA) is 62.5 Å². The summed E-state index contributed by atoms with van der Waals surface area (Å²) in [5, 5.41) is 4.09. The van der Waals surface area contributed by atoms with Gasteiger partial charge >= 0.3 is 0 Å². The van der Waals surface area contributed by atoms with Gasteiger partial charge in [-0.05, 0) is 52.1 Å². The first-order chi connectivity index (χ1) is 11.7. The molecule has 2 aliphatic rings. The van der Waals surface area contributed by atoms with Crippen LogP contribution < -0.4 is 0 Å². The van der Waals surface area contributed by atoms with Gasteiger partial charge in [-0.3, -0.25) is 9.69 Å². The number of aryl methyl sites for hydroxylation is 1. The maximum absolute atomic E-state index is 12.5. The van der Waals surface area contributed by atoms with Gasteiger partial charge in [0.25, 0.3) is 0 Å². The summed E-state index contributed by atoms with van der Waals surface area (Å²) in [6.07, 6.45) is 7.33. The van der Waals surface area contributed by atoms with Crippen molar-refractivity contribution in [1.29, 1.82) is 0 Å². The van der Waals surface area contributed by atoms with Crippen LogP contribution in [0.4, 0.5) is 0 Å². The highest BCUT2D eigenvalue weighted by Gasteiger charge is 2.32. The third-order valence-electron chi connectivity index (χ3n) is 5.44. The minimum atomic E-state index is 0.135. The summed E-state index contributed by atoms with van der Waals surface area (Å²) in [5.74, 6) is 2.11. The van der Waals surface area contributed by atoms with Crippen molar-refractivity contribution < 1.29 is 9.32 Å². The van der Waals surface area contributed by atoms with Gasteiger partial charge in [0.2, 0.25) is 11.8 Å². The minimum Gasteiger partial charge on any atom is -0.342 e. The molecule has 1 aromatic rings. The van der Waals surface area contributed by atoms with E-state index in [1.807, 2.05) is 0 Å². The quantitative estimate of drug-likeness (QED) is 0.800. The van der Waals surface area contributed by atoms with Crippen molar-refractivity contribution in [3.8, 4) is 0 Å². The van der Waals surface area contributed by atoms with Gasteiger partial charge in [-0.25, -0.2) is 0 Å². The molecule has 0 spiro atoms. The van der Waals surface area contributed by atoms with Gasteiger partial charge in [0.1, 0.15) is 0 Å². The molecule has 1 amide bonds. The van der Waals surface area contributed by atoms with Gasteiger partial charge in [-0.2, -0.15) is 4.98 Å². The molecule has 24 heavy (non-hydrogen) atoms. The molecule has 0 radical (unpaired) electrons. The Kier molecular flexibility index (Phi) is 5.87. The lowest BCUT2D eigenvalue weighted by Crippen LogP contribution is -2.42. The van der Waals surface area contributed by atoms with Crippen LogP contribution in [0.5, 0.6) is 0 Å². The maximum atomic E-state index is 12.5. The van der Waals surface area contributed by atoms with E-state index in [4.69, 9.17) is 4.52 Å².